The second-order valence-corrected chi connectivity index (χ2v) is 8.43. The highest BCUT2D eigenvalue weighted by Gasteiger charge is 2.33. The van der Waals surface area contributed by atoms with E-state index in [0.717, 1.165) is 12.8 Å². The molecule has 1 aromatic rings. The molecule has 5 heteroatoms. The highest BCUT2D eigenvalue weighted by atomic mass is 16.5. The molecule has 1 aliphatic carbocycles. The maximum absolute atomic E-state index is 13.4. The Morgan fingerprint density at radius 1 is 1.03 bits per heavy atom. The van der Waals surface area contributed by atoms with Crippen LogP contribution in [0.2, 0.25) is 0 Å². The summed E-state index contributed by atoms with van der Waals surface area (Å²) in [7, 11) is 4.75. The van der Waals surface area contributed by atoms with E-state index >= 15 is 0 Å². The van der Waals surface area contributed by atoms with Crippen LogP contribution in [0.1, 0.15) is 65.7 Å². The lowest BCUT2D eigenvalue weighted by Crippen LogP contribution is -2.32. The summed E-state index contributed by atoms with van der Waals surface area (Å²) in [4.78, 5) is 13.4. The van der Waals surface area contributed by atoms with Crippen molar-refractivity contribution in [2.75, 3.05) is 26.6 Å². The Labute approximate surface area is 182 Å². The molecule has 0 fully saturated rings. The van der Waals surface area contributed by atoms with Crippen molar-refractivity contribution in [3.8, 4) is 17.2 Å². The number of rotatable bonds is 11. The minimum absolute atomic E-state index is 0.00146. The fourth-order valence-corrected chi connectivity index (χ4v) is 4.30. The Hall–Kier alpha value is -2.17. The smallest absolute Gasteiger partial charge is 0.231 e. The molecule has 30 heavy (non-hydrogen) atoms. The lowest BCUT2D eigenvalue weighted by Gasteiger charge is -2.33. The van der Waals surface area contributed by atoms with Crippen LogP contribution in [-0.2, 0) is 4.79 Å². The molecular formula is C25H39NO4. The van der Waals surface area contributed by atoms with E-state index in [9.17, 15) is 4.79 Å². The molecule has 0 saturated heterocycles. The van der Waals surface area contributed by atoms with Gasteiger partial charge in [0.05, 0.1) is 27.2 Å². The summed E-state index contributed by atoms with van der Waals surface area (Å²) < 4.78 is 16.3. The number of unbranched alkanes of at least 4 members (excludes halogenated alkanes) is 4. The molecule has 0 heterocycles. The van der Waals surface area contributed by atoms with E-state index in [0.29, 0.717) is 34.8 Å². The minimum Gasteiger partial charge on any atom is -0.496 e. The molecule has 0 radical (unpaired) electrons. The summed E-state index contributed by atoms with van der Waals surface area (Å²) in [6.07, 6.45) is 10.6. The molecule has 1 N–H and O–H groups in total. The average molecular weight is 418 g/mol. The number of methoxy groups -OCH3 is 3. The van der Waals surface area contributed by atoms with Crippen molar-refractivity contribution in [3.63, 3.8) is 0 Å². The van der Waals surface area contributed by atoms with Gasteiger partial charge in [-0.05, 0) is 31.6 Å². The van der Waals surface area contributed by atoms with Gasteiger partial charge in [-0.15, -0.1) is 0 Å². The molecule has 0 bridgehead atoms. The number of nitrogens with one attached hydrogen (secondary N) is 1. The van der Waals surface area contributed by atoms with Gasteiger partial charge in [0.15, 0.2) is 0 Å². The molecule has 2 rings (SSSR count). The van der Waals surface area contributed by atoms with Crippen molar-refractivity contribution in [1.29, 1.82) is 0 Å². The van der Waals surface area contributed by atoms with Gasteiger partial charge in [-0.1, -0.05) is 57.6 Å². The second-order valence-electron chi connectivity index (χ2n) is 8.43. The predicted octanol–water partition coefficient (Wildman–Crippen LogP) is 6.23. The largest absolute Gasteiger partial charge is 0.496 e. The first kappa shape index (κ1) is 24.1. The Balaban J connectivity index is 2.19. The number of hydrogen-bond donors (Lipinski definition) is 1. The van der Waals surface area contributed by atoms with Crippen molar-refractivity contribution >= 4 is 11.6 Å². The third-order valence-corrected chi connectivity index (χ3v) is 6.33. The molecule has 5 nitrogen and oxygen atoms in total. The van der Waals surface area contributed by atoms with Crippen LogP contribution < -0.4 is 19.5 Å². The Kier molecular flexibility index (Phi) is 9.54. The zero-order chi connectivity index (χ0) is 22.1. The van der Waals surface area contributed by atoms with E-state index in [1.54, 1.807) is 33.5 Å². The Bertz CT molecular complexity index is 703. The van der Waals surface area contributed by atoms with Crippen LogP contribution in [0.5, 0.6) is 17.2 Å². The number of carbonyl (C=O) groups is 1. The van der Waals surface area contributed by atoms with Crippen molar-refractivity contribution in [3.05, 3.63) is 23.8 Å². The second kappa shape index (κ2) is 11.9. The molecule has 3 unspecified atom stereocenters. The summed E-state index contributed by atoms with van der Waals surface area (Å²) in [6, 6.07) is 3.51. The van der Waals surface area contributed by atoms with Gasteiger partial charge in [0, 0.05) is 12.1 Å². The Morgan fingerprint density at radius 2 is 1.67 bits per heavy atom. The van der Waals surface area contributed by atoms with Crippen molar-refractivity contribution in [2.45, 2.75) is 65.7 Å². The number of allylic oxidation sites excluding steroid dienone is 1. The first-order chi connectivity index (χ1) is 14.4. The van der Waals surface area contributed by atoms with Gasteiger partial charge < -0.3 is 19.5 Å². The summed E-state index contributed by atoms with van der Waals surface area (Å²) in [5, 5.41) is 3.09. The average Bonchev–Trinajstić information content (AvgIpc) is 2.75. The van der Waals surface area contributed by atoms with E-state index < -0.39 is 0 Å². The van der Waals surface area contributed by atoms with E-state index in [1.165, 1.54) is 37.7 Å². The standard InChI is InChI=1S/C25H39NO4/c1-7-8-9-10-11-12-19-13-17(2)18(3)14-21(19)25(27)26-24-22(29-5)15-20(28-4)16-23(24)30-6/h14-17,19,21H,7-13H2,1-6H3,(H,26,27). The first-order valence-electron chi connectivity index (χ1n) is 11.2. The van der Waals surface area contributed by atoms with Gasteiger partial charge in [-0.2, -0.15) is 0 Å². The van der Waals surface area contributed by atoms with Crippen LogP contribution in [0.25, 0.3) is 0 Å². The highest BCUT2D eigenvalue weighted by Crippen LogP contribution is 2.41. The summed E-state index contributed by atoms with van der Waals surface area (Å²) in [5.74, 6) is 2.43. The maximum Gasteiger partial charge on any atom is 0.231 e. The predicted molar refractivity (Wildman–Crippen MR) is 123 cm³/mol. The number of benzene rings is 1. The van der Waals surface area contributed by atoms with Crippen LogP contribution in [0.4, 0.5) is 5.69 Å². The number of amides is 1. The fraction of sp³-hybridized carbons (Fsp3) is 0.640. The van der Waals surface area contributed by atoms with Crippen LogP contribution in [0.15, 0.2) is 23.8 Å². The molecule has 0 saturated carbocycles. The first-order valence-corrected chi connectivity index (χ1v) is 11.2. The zero-order valence-electron chi connectivity index (χ0n) is 19.5. The molecule has 0 spiro atoms. The van der Waals surface area contributed by atoms with Crippen molar-refractivity contribution < 1.29 is 19.0 Å². The minimum atomic E-state index is -0.135. The fourth-order valence-electron chi connectivity index (χ4n) is 4.30. The summed E-state index contributed by atoms with van der Waals surface area (Å²) in [5.41, 5.74) is 1.85. The molecule has 0 aromatic heterocycles. The molecule has 168 valence electrons. The van der Waals surface area contributed by atoms with Crippen LogP contribution in [-0.4, -0.2) is 27.2 Å². The molecule has 0 aliphatic heterocycles. The van der Waals surface area contributed by atoms with E-state index in [-0.39, 0.29) is 11.8 Å². The van der Waals surface area contributed by atoms with Gasteiger partial charge in [-0.3, -0.25) is 4.79 Å². The van der Waals surface area contributed by atoms with Crippen molar-refractivity contribution in [1.82, 2.24) is 0 Å². The molecule has 1 amide bonds. The van der Waals surface area contributed by atoms with Crippen LogP contribution in [0, 0.1) is 17.8 Å². The third-order valence-electron chi connectivity index (χ3n) is 6.33. The van der Waals surface area contributed by atoms with E-state index in [1.807, 2.05) is 0 Å². The van der Waals surface area contributed by atoms with Gasteiger partial charge in [-0.25, -0.2) is 0 Å². The third kappa shape index (κ3) is 6.16. The monoisotopic (exact) mass is 417 g/mol. The maximum atomic E-state index is 13.4. The topological polar surface area (TPSA) is 56.8 Å². The lowest BCUT2D eigenvalue weighted by molar-refractivity contribution is -0.120. The summed E-state index contributed by atoms with van der Waals surface area (Å²) >= 11 is 0. The van der Waals surface area contributed by atoms with Gasteiger partial charge in [0.25, 0.3) is 0 Å². The van der Waals surface area contributed by atoms with Gasteiger partial charge in [0.2, 0.25) is 5.91 Å². The number of ether oxygens (including phenoxy) is 3. The molecular weight excluding hydrogens is 378 g/mol. The highest BCUT2D eigenvalue weighted by molar-refractivity contribution is 5.97. The summed E-state index contributed by atoms with van der Waals surface area (Å²) in [6.45, 7) is 6.63. The molecule has 3 atom stereocenters. The number of carbonyl (C=O) groups excluding carboxylic acids is 1. The van der Waals surface area contributed by atoms with Crippen molar-refractivity contribution in [2.24, 2.45) is 17.8 Å². The van der Waals surface area contributed by atoms with Crippen LogP contribution >= 0.6 is 0 Å². The van der Waals surface area contributed by atoms with E-state index in [4.69, 9.17) is 14.2 Å². The van der Waals surface area contributed by atoms with Gasteiger partial charge >= 0.3 is 0 Å². The molecule has 1 aromatic carbocycles. The normalized spacial score (nSPS) is 21.0. The van der Waals surface area contributed by atoms with Gasteiger partial charge in [0.1, 0.15) is 22.9 Å². The molecule has 1 aliphatic rings. The zero-order valence-corrected chi connectivity index (χ0v) is 19.5. The quantitative estimate of drug-likeness (QED) is 0.342. The van der Waals surface area contributed by atoms with E-state index in [2.05, 4.69) is 32.2 Å². The SMILES string of the molecule is CCCCCCCC1CC(C)C(C)=CC1C(=O)Nc1c(OC)cc(OC)cc1OC. The number of hydrogen-bond acceptors (Lipinski definition) is 4. The number of anilines is 1. The van der Waals surface area contributed by atoms with Crippen LogP contribution in [0.3, 0.4) is 0 Å². The lowest BCUT2D eigenvalue weighted by atomic mass is 9.73. The Morgan fingerprint density at radius 3 is 2.23 bits per heavy atom.